The first-order valence-corrected chi connectivity index (χ1v) is 10.00. The fourth-order valence-corrected chi connectivity index (χ4v) is 3.72. The minimum absolute atomic E-state index is 0.147. The zero-order valence-corrected chi connectivity index (χ0v) is 17.3. The molecule has 0 aromatic carbocycles. The topological polar surface area (TPSA) is 168 Å². The lowest BCUT2D eigenvalue weighted by molar-refractivity contribution is -0.149. The van der Waals surface area contributed by atoms with Crippen molar-refractivity contribution in [3.05, 3.63) is 0 Å². The Morgan fingerprint density at radius 3 is 2.19 bits per heavy atom. The Morgan fingerprint density at radius 1 is 1.19 bits per heavy atom. The fourth-order valence-electron chi connectivity index (χ4n) is 2.40. The molecule has 0 aromatic heterocycles. The van der Waals surface area contributed by atoms with Crippen LogP contribution in [0.4, 0.5) is 0 Å². The van der Waals surface area contributed by atoms with Gasteiger partial charge in [0.05, 0.1) is 24.8 Å². The molecule has 5 atom stereocenters. The van der Waals surface area contributed by atoms with Gasteiger partial charge in [0.1, 0.15) is 6.04 Å². The van der Waals surface area contributed by atoms with Gasteiger partial charge in [-0.25, -0.2) is 0 Å². The van der Waals surface area contributed by atoms with Crippen molar-refractivity contribution in [3.8, 4) is 0 Å². The summed E-state index contributed by atoms with van der Waals surface area (Å²) >= 11 is 0. The van der Waals surface area contributed by atoms with Gasteiger partial charge in [-0.1, -0.05) is 21.9 Å². The van der Waals surface area contributed by atoms with Crippen molar-refractivity contribution < 1.29 is 24.3 Å². The molecular weight excluding hydrogens is 373 g/mol. The Labute approximate surface area is 161 Å². The first-order chi connectivity index (χ1) is 12.5. The second-order valence-electron chi connectivity index (χ2n) is 6.34. The molecule has 0 aliphatic heterocycles. The Bertz CT molecular complexity index is 529. The van der Waals surface area contributed by atoms with E-state index in [1.165, 1.54) is 6.92 Å². The van der Waals surface area contributed by atoms with Gasteiger partial charge in [-0.3, -0.25) is 24.1 Å². The van der Waals surface area contributed by atoms with E-state index in [2.05, 4.69) is 10.6 Å². The number of carbonyl (C=O) groups excluding carboxylic acids is 3. The molecule has 156 valence electrons. The lowest BCUT2D eigenvalue weighted by Gasteiger charge is -2.33. The fraction of sp³-hybridized carbons (Fsp3) is 0.750. The van der Waals surface area contributed by atoms with Gasteiger partial charge in [-0.15, -0.1) is 0 Å². The predicted molar refractivity (Wildman–Crippen MR) is 104 cm³/mol. The van der Waals surface area contributed by atoms with Crippen LogP contribution in [-0.2, 0) is 19.2 Å². The standard InChI is InChI=1S/C16H32N5O5P/c1-5-6-11(20-15(25)9(2)17)16(26)21(12(22)8-19-4)13(7-14(23)24)27-10(3)18/h9-11,13,19,27H,5-8,17-18H2,1-4H3,(H,20,25)(H,23,24)/t9-,10?,11-,13?/m0/s1. The van der Waals surface area contributed by atoms with E-state index < -0.39 is 53.8 Å². The van der Waals surface area contributed by atoms with Crippen molar-refractivity contribution in [2.45, 2.75) is 63.7 Å². The molecule has 0 radical (unpaired) electrons. The van der Waals surface area contributed by atoms with E-state index in [4.69, 9.17) is 11.5 Å². The van der Waals surface area contributed by atoms with Crippen LogP contribution < -0.4 is 22.1 Å². The summed E-state index contributed by atoms with van der Waals surface area (Å²) in [6.07, 6.45) is 0.450. The molecule has 0 saturated heterocycles. The van der Waals surface area contributed by atoms with Crippen molar-refractivity contribution in [2.75, 3.05) is 13.6 Å². The number of rotatable bonds is 12. The third-order valence-electron chi connectivity index (χ3n) is 3.57. The molecule has 27 heavy (non-hydrogen) atoms. The van der Waals surface area contributed by atoms with E-state index in [-0.39, 0.29) is 15.1 Å². The molecule has 0 saturated carbocycles. The van der Waals surface area contributed by atoms with Crippen LogP contribution in [0.5, 0.6) is 0 Å². The average Bonchev–Trinajstić information content (AvgIpc) is 2.53. The summed E-state index contributed by atoms with van der Waals surface area (Å²) in [7, 11) is 1.39. The number of carboxylic acids is 1. The number of carbonyl (C=O) groups is 4. The maximum absolute atomic E-state index is 13.1. The molecule has 10 nitrogen and oxygen atoms in total. The van der Waals surface area contributed by atoms with Gasteiger partial charge in [0.25, 0.3) is 5.91 Å². The Hall–Kier alpha value is -1.61. The van der Waals surface area contributed by atoms with Gasteiger partial charge >= 0.3 is 5.97 Å². The lowest BCUT2D eigenvalue weighted by Crippen LogP contribution is -2.56. The van der Waals surface area contributed by atoms with Crippen molar-refractivity contribution in [2.24, 2.45) is 11.5 Å². The summed E-state index contributed by atoms with van der Waals surface area (Å²) in [4.78, 5) is 49.9. The maximum atomic E-state index is 13.1. The molecule has 0 aromatic rings. The van der Waals surface area contributed by atoms with Crippen LogP contribution in [0.2, 0.25) is 0 Å². The summed E-state index contributed by atoms with van der Waals surface area (Å²) in [5, 5.41) is 14.4. The van der Waals surface area contributed by atoms with E-state index in [1.54, 1.807) is 14.0 Å². The summed E-state index contributed by atoms with van der Waals surface area (Å²) < 4.78 is 0. The minimum Gasteiger partial charge on any atom is -0.481 e. The van der Waals surface area contributed by atoms with Gasteiger partial charge in [-0.2, -0.15) is 0 Å². The summed E-state index contributed by atoms with van der Waals surface area (Å²) in [5.41, 5.74) is 11.4. The molecule has 0 bridgehead atoms. The molecule has 0 rings (SSSR count). The van der Waals surface area contributed by atoms with Crippen molar-refractivity contribution in [1.29, 1.82) is 0 Å². The highest BCUT2D eigenvalue weighted by molar-refractivity contribution is 7.39. The van der Waals surface area contributed by atoms with E-state index in [9.17, 15) is 24.3 Å². The monoisotopic (exact) mass is 405 g/mol. The van der Waals surface area contributed by atoms with E-state index in [1.807, 2.05) is 6.92 Å². The highest BCUT2D eigenvalue weighted by Gasteiger charge is 2.36. The Balaban J connectivity index is 5.82. The molecule has 0 heterocycles. The summed E-state index contributed by atoms with van der Waals surface area (Å²) in [6, 6.07) is -1.79. The number of amides is 3. The molecule has 3 amide bonds. The number of carboxylic acid groups (broad SMARTS) is 1. The smallest absolute Gasteiger partial charge is 0.305 e. The van der Waals surface area contributed by atoms with Crippen molar-refractivity contribution in [1.82, 2.24) is 15.5 Å². The first kappa shape index (κ1) is 25.4. The van der Waals surface area contributed by atoms with E-state index >= 15 is 0 Å². The molecule has 0 aliphatic rings. The average molecular weight is 405 g/mol. The first-order valence-electron chi connectivity index (χ1n) is 8.84. The number of hydrogen-bond donors (Lipinski definition) is 5. The second-order valence-corrected chi connectivity index (χ2v) is 8.25. The van der Waals surface area contributed by atoms with Gasteiger partial charge in [0.15, 0.2) is 0 Å². The molecule has 7 N–H and O–H groups in total. The number of hydrogen-bond acceptors (Lipinski definition) is 7. The highest BCUT2D eigenvalue weighted by atomic mass is 31.1. The third kappa shape index (κ3) is 9.23. The minimum atomic E-state index is -1.14. The van der Waals surface area contributed by atoms with Crippen LogP contribution in [0.3, 0.4) is 0 Å². The highest BCUT2D eigenvalue weighted by Crippen LogP contribution is 2.29. The van der Waals surface area contributed by atoms with Gasteiger partial charge in [-0.05, 0) is 27.3 Å². The quantitative estimate of drug-likeness (QED) is 0.257. The zero-order valence-electron chi connectivity index (χ0n) is 16.3. The van der Waals surface area contributed by atoms with Gasteiger partial charge in [0, 0.05) is 5.78 Å². The maximum Gasteiger partial charge on any atom is 0.305 e. The summed E-state index contributed by atoms with van der Waals surface area (Å²) in [5.74, 6) is -4.16. The number of likely N-dealkylation sites (N-methyl/N-ethyl adjacent to an activating group) is 1. The zero-order chi connectivity index (χ0) is 21.1. The van der Waals surface area contributed by atoms with Crippen LogP contribution >= 0.6 is 8.58 Å². The molecule has 0 fully saturated rings. The number of aliphatic carboxylic acids is 1. The summed E-state index contributed by atoms with van der Waals surface area (Å²) in [6.45, 7) is 4.85. The van der Waals surface area contributed by atoms with Crippen LogP contribution in [0, 0.1) is 0 Å². The molecule has 11 heteroatoms. The number of nitrogens with two attached hydrogens (primary N) is 2. The number of nitrogens with zero attached hydrogens (tertiary/aromatic N) is 1. The Kier molecular flexibility index (Phi) is 12.0. The molecular formula is C16H32N5O5P. The molecule has 3 unspecified atom stereocenters. The second kappa shape index (κ2) is 12.7. The van der Waals surface area contributed by atoms with Crippen LogP contribution in [-0.4, -0.2) is 70.9 Å². The van der Waals surface area contributed by atoms with E-state index in [0.717, 1.165) is 4.90 Å². The van der Waals surface area contributed by atoms with Crippen molar-refractivity contribution >= 4 is 32.3 Å². The third-order valence-corrected chi connectivity index (χ3v) is 4.95. The molecule has 0 aliphatic carbocycles. The van der Waals surface area contributed by atoms with Crippen LogP contribution in [0.25, 0.3) is 0 Å². The van der Waals surface area contributed by atoms with Crippen LogP contribution in [0.15, 0.2) is 0 Å². The van der Waals surface area contributed by atoms with E-state index in [0.29, 0.717) is 12.8 Å². The normalized spacial score (nSPS) is 15.8. The Morgan fingerprint density at radius 2 is 1.78 bits per heavy atom. The lowest BCUT2D eigenvalue weighted by atomic mass is 10.1. The largest absolute Gasteiger partial charge is 0.481 e. The van der Waals surface area contributed by atoms with Gasteiger partial charge < -0.3 is 27.2 Å². The number of imide groups is 1. The molecule has 0 spiro atoms. The van der Waals surface area contributed by atoms with Crippen LogP contribution in [0.1, 0.15) is 40.0 Å². The predicted octanol–water partition coefficient (Wildman–Crippen LogP) is -1.02. The SMILES string of the molecule is CCC[C@H](NC(=O)[C@H](C)N)C(=O)N(C(=O)CNC)C(CC(=O)O)PC(C)N. The van der Waals surface area contributed by atoms with Crippen molar-refractivity contribution in [3.63, 3.8) is 0 Å². The number of nitrogens with one attached hydrogen (secondary N) is 2. The van der Waals surface area contributed by atoms with Gasteiger partial charge in [0.2, 0.25) is 11.8 Å².